The van der Waals surface area contributed by atoms with Crippen molar-refractivity contribution in [3.05, 3.63) is 53.9 Å². The maximum atomic E-state index is 10.6. The van der Waals surface area contributed by atoms with E-state index < -0.39 is 6.10 Å². The maximum absolute atomic E-state index is 10.6. The quantitative estimate of drug-likeness (QED) is 0.888. The zero-order valence-corrected chi connectivity index (χ0v) is 13.3. The largest absolute Gasteiger partial charge is 0.388 e. The van der Waals surface area contributed by atoms with Crippen LogP contribution < -0.4 is 0 Å². The van der Waals surface area contributed by atoms with Gasteiger partial charge in [0, 0.05) is 37.3 Å². The van der Waals surface area contributed by atoms with E-state index >= 15 is 0 Å². The number of hydrogen-bond acceptors (Lipinski definition) is 3. The Balaban J connectivity index is 1.99. The fraction of sp³-hybridized carbons (Fsp3) is 0.471. The highest BCUT2D eigenvalue weighted by atomic mass is 16.3. The SMILES string of the molecule is CN(Cc1cnn(C)c1)CC(C)(C)C(O)c1ccccc1. The Kier molecular flexibility index (Phi) is 4.80. The zero-order valence-electron chi connectivity index (χ0n) is 13.3. The van der Waals surface area contributed by atoms with Gasteiger partial charge in [-0.15, -0.1) is 0 Å². The summed E-state index contributed by atoms with van der Waals surface area (Å²) < 4.78 is 1.81. The summed E-state index contributed by atoms with van der Waals surface area (Å²) in [5, 5.41) is 14.8. The minimum atomic E-state index is -0.477. The van der Waals surface area contributed by atoms with Crippen molar-refractivity contribution in [2.24, 2.45) is 12.5 Å². The number of rotatable bonds is 6. The molecule has 0 radical (unpaired) electrons. The molecule has 1 heterocycles. The van der Waals surface area contributed by atoms with E-state index in [9.17, 15) is 5.11 Å². The van der Waals surface area contributed by atoms with Gasteiger partial charge in [-0.3, -0.25) is 4.68 Å². The second kappa shape index (κ2) is 6.41. The fourth-order valence-corrected chi connectivity index (χ4v) is 2.79. The molecule has 1 aromatic heterocycles. The van der Waals surface area contributed by atoms with Gasteiger partial charge in [-0.2, -0.15) is 5.10 Å². The summed E-state index contributed by atoms with van der Waals surface area (Å²) in [5.41, 5.74) is 1.93. The molecule has 0 bridgehead atoms. The van der Waals surface area contributed by atoms with Crippen molar-refractivity contribution in [1.29, 1.82) is 0 Å². The Labute approximate surface area is 127 Å². The van der Waals surface area contributed by atoms with Crippen LogP contribution in [0.4, 0.5) is 0 Å². The first-order chi connectivity index (χ1) is 9.88. The normalized spacial score (nSPS) is 13.6. The Morgan fingerprint density at radius 2 is 1.95 bits per heavy atom. The van der Waals surface area contributed by atoms with Crippen LogP contribution in [-0.2, 0) is 13.6 Å². The van der Waals surface area contributed by atoms with Gasteiger partial charge in [-0.25, -0.2) is 0 Å². The van der Waals surface area contributed by atoms with Gasteiger partial charge < -0.3 is 10.0 Å². The summed E-state index contributed by atoms with van der Waals surface area (Å²) in [6.07, 6.45) is 3.43. The molecule has 0 fully saturated rings. The van der Waals surface area contributed by atoms with Gasteiger partial charge in [-0.05, 0) is 12.6 Å². The topological polar surface area (TPSA) is 41.3 Å². The third-order valence-electron chi connectivity index (χ3n) is 3.74. The first kappa shape index (κ1) is 15.7. The summed E-state index contributed by atoms with van der Waals surface area (Å²) in [6.45, 7) is 5.84. The molecule has 0 saturated heterocycles. The Morgan fingerprint density at radius 3 is 2.52 bits per heavy atom. The number of nitrogens with zero attached hydrogens (tertiary/aromatic N) is 3. The summed E-state index contributed by atoms with van der Waals surface area (Å²) in [4.78, 5) is 2.23. The van der Waals surface area contributed by atoms with E-state index in [2.05, 4.69) is 30.9 Å². The van der Waals surface area contributed by atoms with E-state index in [4.69, 9.17) is 0 Å². The van der Waals surface area contributed by atoms with Crippen LogP contribution in [0.25, 0.3) is 0 Å². The molecule has 2 rings (SSSR count). The third-order valence-corrected chi connectivity index (χ3v) is 3.74. The lowest BCUT2D eigenvalue weighted by Crippen LogP contribution is -2.35. The van der Waals surface area contributed by atoms with E-state index in [0.29, 0.717) is 0 Å². The lowest BCUT2D eigenvalue weighted by molar-refractivity contribution is 0.0243. The minimum absolute atomic E-state index is 0.224. The Hall–Kier alpha value is -1.65. The van der Waals surface area contributed by atoms with Crippen LogP contribution in [0.5, 0.6) is 0 Å². The lowest BCUT2D eigenvalue weighted by Gasteiger charge is -2.34. The average molecular weight is 287 g/mol. The van der Waals surface area contributed by atoms with Crippen molar-refractivity contribution in [1.82, 2.24) is 14.7 Å². The van der Waals surface area contributed by atoms with Crippen molar-refractivity contribution in [3.63, 3.8) is 0 Å². The van der Waals surface area contributed by atoms with Gasteiger partial charge in [-0.1, -0.05) is 44.2 Å². The van der Waals surface area contributed by atoms with Gasteiger partial charge in [0.2, 0.25) is 0 Å². The molecular formula is C17H25N3O. The number of benzene rings is 1. The maximum Gasteiger partial charge on any atom is 0.0853 e. The number of aromatic nitrogens is 2. The number of aliphatic hydroxyl groups excluding tert-OH is 1. The van der Waals surface area contributed by atoms with Gasteiger partial charge in [0.25, 0.3) is 0 Å². The van der Waals surface area contributed by atoms with E-state index in [1.807, 2.05) is 54.5 Å². The van der Waals surface area contributed by atoms with Crippen molar-refractivity contribution >= 4 is 0 Å². The highest BCUT2D eigenvalue weighted by Gasteiger charge is 2.30. The molecule has 1 aromatic carbocycles. The second-order valence-electron chi connectivity index (χ2n) is 6.50. The summed E-state index contributed by atoms with van der Waals surface area (Å²) in [7, 11) is 4.00. The monoisotopic (exact) mass is 287 g/mol. The van der Waals surface area contributed by atoms with Crippen LogP contribution in [-0.4, -0.2) is 33.4 Å². The fourth-order valence-electron chi connectivity index (χ4n) is 2.79. The van der Waals surface area contributed by atoms with E-state index in [1.165, 1.54) is 5.56 Å². The zero-order chi connectivity index (χ0) is 15.5. The van der Waals surface area contributed by atoms with E-state index in [-0.39, 0.29) is 5.41 Å². The highest BCUT2D eigenvalue weighted by Crippen LogP contribution is 2.33. The predicted molar refractivity (Wildman–Crippen MR) is 84.7 cm³/mol. The molecule has 4 nitrogen and oxygen atoms in total. The molecule has 2 aromatic rings. The molecule has 21 heavy (non-hydrogen) atoms. The van der Waals surface area contributed by atoms with Crippen LogP contribution in [0.1, 0.15) is 31.1 Å². The van der Waals surface area contributed by atoms with E-state index in [0.717, 1.165) is 18.7 Å². The molecule has 1 unspecified atom stereocenters. The van der Waals surface area contributed by atoms with Crippen molar-refractivity contribution < 1.29 is 5.11 Å². The van der Waals surface area contributed by atoms with Crippen LogP contribution in [0.15, 0.2) is 42.7 Å². The molecule has 4 heteroatoms. The van der Waals surface area contributed by atoms with Crippen molar-refractivity contribution in [3.8, 4) is 0 Å². The van der Waals surface area contributed by atoms with Gasteiger partial charge >= 0.3 is 0 Å². The molecule has 0 aliphatic heterocycles. The second-order valence-corrected chi connectivity index (χ2v) is 6.50. The molecule has 1 N–H and O–H groups in total. The van der Waals surface area contributed by atoms with Gasteiger partial charge in [0.05, 0.1) is 12.3 Å². The van der Waals surface area contributed by atoms with Crippen LogP contribution in [0, 0.1) is 5.41 Å². The molecule has 1 atom stereocenters. The summed E-state index contributed by atoms with van der Waals surface area (Å²) in [6, 6.07) is 9.86. The molecule has 0 aliphatic rings. The number of aryl methyl sites for hydroxylation is 1. The van der Waals surface area contributed by atoms with Crippen LogP contribution in [0.2, 0.25) is 0 Å². The first-order valence-electron chi connectivity index (χ1n) is 7.27. The summed E-state index contributed by atoms with van der Waals surface area (Å²) in [5.74, 6) is 0. The van der Waals surface area contributed by atoms with Crippen molar-refractivity contribution in [2.75, 3.05) is 13.6 Å². The average Bonchev–Trinajstić information content (AvgIpc) is 2.83. The Bertz CT molecular complexity index is 562. The van der Waals surface area contributed by atoms with Crippen LogP contribution >= 0.6 is 0 Å². The van der Waals surface area contributed by atoms with Gasteiger partial charge in [0.1, 0.15) is 0 Å². The standard InChI is InChI=1S/C17H25N3O/c1-17(2,16(21)15-8-6-5-7-9-15)13-19(3)11-14-10-18-20(4)12-14/h5-10,12,16,21H,11,13H2,1-4H3. The molecule has 0 saturated carbocycles. The molecule has 114 valence electrons. The number of hydrogen-bond donors (Lipinski definition) is 1. The predicted octanol–water partition coefficient (Wildman–Crippen LogP) is 2.61. The minimum Gasteiger partial charge on any atom is -0.388 e. The molecular weight excluding hydrogens is 262 g/mol. The molecule has 0 amide bonds. The molecule has 0 spiro atoms. The van der Waals surface area contributed by atoms with Crippen LogP contribution in [0.3, 0.4) is 0 Å². The lowest BCUT2D eigenvalue weighted by atomic mass is 9.82. The Morgan fingerprint density at radius 1 is 1.29 bits per heavy atom. The van der Waals surface area contributed by atoms with Gasteiger partial charge in [0.15, 0.2) is 0 Å². The highest BCUT2D eigenvalue weighted by molar-refractivity contribution is 5.19. The third kappa shape index (κ3) is 4.16. The smallest absolute Gasteiger partial charge is 0.0853 e. The molecule has 0 aliphatic carbocycles. The first-order valence-corrected chi connectivity index (χ1v) is 7.27. The summed E-state index contributed by atoms with van der Waals surface area (Å²) >= 11 is 0. The number of aliphatic hydroxyl groups is 1. The van der Waals surface area contributed by atoms with Crippen molar-refractivity contribution in [2.45, 2.75) is 26.5 Å². The van der Waals surface area contributed by atoms with E-state index in [1.54, 1.807) is 0 Å².